The van der Waals surface area contributed by atoms with Gasteiger partial charge in [0.05, 0.1) is 11.7 Å². The molecule has 0 aliphatic carbocycles. The van der Waals surface area contributed by atoms with Gasteiger partial charge in [-0.15, -0.1) is 0 Å². The van der Waals surface area contributed by atoms with Gasteiger partial charge in [-0.3, -0.25) is 16.3 Å². The summed E-state index contributed by atoms with van der Waals surface area (Å²) in [6.45, 7) is 4.27. The van der Waals surface area contributed by atoms with E-state index in [4.69, 9.17) is 5.84 Å². The van der Waals surface area contributed by atoms with Gasteiger partial charge in [0.15, 0.2) is 0 Å². The number of aryl methyl sites for hydroxylation is 1. The fourth-order valence-electron chi connectivity index (χ4n) is 2.38. The number of rotatable bonds is 10. The van der Waals surface area contributed by atoms with E-state index in [2.05, 4.69) is 23.4 Å². The summed E-state index contributed by atoms with van der Waals surface area (Å²) in [7, 11) is 0. The molecule has 0 spiro atoms. The number of hydrogen-bond donors (Lipinski definition) is 2. The average Bonchev–Trinajstić information content (AvgIpc) is 2.42. The lowest BCUT2D eigenvalue weighted by Crippen LogP contribution is -2.28. The summed E-state index contributed by atoms with van der Waals surface area (Å²) in [6.07, 6.45) is 10.4. The van der Waals surface area contributed by atoms with Crippen molar-refractivity contribution >= 4 is 0 Å². The highest BCUT2D eigenvalue weighted by molar-refractivity contribution is 5.13. The Morgan fingerprint density at radius 1 is 1.11 bits per heavy atom. The van der Waals surface area contributed by atoms with Crippen LogP contribution in [0.25, 0.3) is 0 Å². The first-order valence-corrected chi connectivity index (χ1v) is 7.67. The molecule has 19 heavy (non-hydrogen) atoms. The third-order valence-corrected chi connectivity index (χ3v) is 3.56. The Kier molecular flexibility index (Phi) is 8.43. The van der Waals surface area contributed by atoms with Crippen molar-refractivity contribution in [3.8, 4) is 0 Å². The van der Waals surface area contributed by atoms with Crippen LogP contribution >= 0.6 is 0 Å². The Morgan fingerprint density at radius 3 is 2.42 bits per heavy atom. The molecule has 108 valence electrons. The topological polar surface area (TPSA) is 50.9 Å². The van der Waals surface area contributed by atoms with Gasteiger partial charge in [0.2, 0.25) is 0 Å². The first kappa shape index (κ1) is 16.1. The monoisotopic (exact) mass is 263 g/mol. The molecule has 0 radical (unpaired) electrons. The van der Waals surface area contributed by atoms with Crippen LogP contribution in [-0.2, 0) is 0 Å². The number of nitrogens with one attached hydrogen (secondary N) is 1. The molecule has 0 aliphatic heterocycles. The van der Waals surface area contributed by atoms with E-state index in [0.29, 0.717) is 0 Å². The Morgan fingerprint density at radius 2 is 1.79 bits per heavy atom. The maximum Gasteiger partial charge on any atom is 0.0632 e. The first-order valence-electron chi connectivity index (χ1n) is 7.67. The molecule has 3 N–H and O–H groups in total. The van der Waals surface area contributed by atoms with E-state index < -0.39 is 0 Å². The summed E-state index contributed by atoms with van der Waals surface area (Å²) in [5.41, 5.74) is 5.01. The molecule has 3 nitrogen and oxygen atoms in total. The smallest absolute Gasteiger partial charge is 0.0632 e. The second-order valence-corrected chi connectivity index (χ2v) is 5.33. The SMILES string of the molecule is CCCCCCCCCC(NN)c1cccc(C)n1. The molecule has 0 fully saturated rings. The molecule has 3 heteroatoms. The standard InChI is InChI=1S/C16H29N3/c1-3-4-5-6-7-8-9-12-16(19-17)15-13-10-11-14(2)18-15/h10-11,13,16,19H,3-9,12,17H2,1-2H3. The lowest BCUT2D eigenvalue weighted by atomic mass is 10.0. The summed E-state index contributed by atoms with van der Waals surface area (Å²) in [5, 5.41) is 0. The van der Waals surface area contributed by atoms with E-state index >= 15 is 0 Å². The third kappa shape index (κ3) is 6.69. The molecular formula is C16H29N3. The van der Waals surface area contributed by atoms with Gasteiger partial charge in [-0.05, 0) is 25.5 Å². The van der Waals surface area contributed by atoms with Crippen LogP contribution in [0.15, 0.2) is 18.2 Å². The lowest BCUT2D eigenvalue weighted by Gasteiger charge is -2.15. The molecule has 1 heterocycles. The summed E-state index contributed by atoms with van der Waals surface area (Å²) in [5.74, 6) is 5.65. The van der Waals surface area contributed by atoms with E-state index in [1.165, 1.54) is 44.9 Å². The normalized spacial score (nSPS) is 12.6. The van der Waals surface area contributed by atoms with E-state index in [1.54, 1.807) is 0 Å². The first-order chi connectivity index (χ1) is 9.27. The highest BCUT2D eigenvalue weighted by Crippen LogP contribution is 2.18. The fraction of sp³-hybridized carbons (Fsp3) is 0.688. The van der Waals surface area contributed by atoms with Crippen LogP contribution in [0.4, 0.5) is 0 Å². The predicted molar refractivity (Wildman–Crippen MR) is 81.6 cm³/mol. The number of unbranched alkanes of at least 4 members (excludes halogenated alkanes) is 6. The average molecular weight is 263 g/mol. The number of hydrogen-bond acceptors (Lipinski definition) is 3. The highest BCUT2D eigenvalue weighted by Gasteiger charge is 2.10. The Hall–Kier alpha value is -0.930. The van der Waals surface area contributed by atoms with Gasteiger partial charge in [-0.2, -0.15) is 0 Å². The van der Waals surface area contributed by atoms with E-state index in [-0.39, 0.29) is 6.04 Å². The molecule has 1 aromatic rings. The van der Waals surface area contributed by atoms with Crippen molar-refractivity contribution in [2.75, 3.05) is 0 Å². The summed E-state index contributed by atoms with van der Waals surface area (Å²) < 4.78 is 0. The van der Waals surface area contributed by atoms with E-state index in [9.17, 15) is 0 Å². The van der Waals surface area contributed by atoms with Crippen molar-refractivity contribution in [1.29, 1.82) is 0 Å². The molecule has 0 saturated carbocycles. The zero-order valence-corrected chi connectivity index (χ0v) is 12.5. The van der Waals surface area contributed by atoms with Crippen LogP contribution in [-0.4, -0.2) is 4.98 Å². The van der Waals surface area contributed by atoms with E-state index in [1.807, 2.05) is 19.1 Å². The molecule has 1 rings (SSSR count). The second-order valence-electron chi connectivity index (χ2n) is 5.33. The number of pyridine rings is 1. The quantitative estimate of drug-likeness (QED) is 0.380. The minimum Gasteiger partial charge on any atom is -0.271 e. The largest absolute Gasteiger partial charge is 0.271 e. The predicted octanol–water partition coefficient (Wildman–Crippen LogP) is 4.04. The van der Waals surface area contributed by atoms with Crippen molar-refractivity contribution in [3.05, 3.63) is 29.6 Å². The van der Waals surface area contributed by atoms with Gasteiger partial charge in [0, 0.05) is 5.69 Å². The summed E-state index contributed by atoms with van der Waals surface area (Å²) >= 11 is 0. The van der Waals surface area contributed by atoms with Gasteiger partial charge in [-0.1, -0.05) is 57.9 Å². The van der Waals surface area contributed by atoms with Crippen LogP contribution in [0.2, 0.25) is 0 Å². The van der Waals surface area contributed by atoms with Gasteiger partial charge < -0.3 is 0 Å². The number of hydrazine groups is 1. The molecule has 1 unspecified atom stereocenters. The van der Waals surface area contributed by atoms with Crippen molar-refractivity contribution in [2.24, 2.45) is 5.84 Å². The Bertz CT molecular complexity index is 339. The minimum atomic E-state index is 0.190. The molecule has 1 atom stereocenters. The van der Waals surface area contributed by atoms with Crippen LogP contribution < -0.4 is 11.3 Å². The second kappa shape index (κ2) is 9.93. The highest BCUT2D eigenvalue weighted by atomic mass is 15.2. The van der Waals surface area contributed by atoms with Crippen LogP contribution in [0.1, 0.15) is 75.7 Å². The van der Waals surface area contributed by atoms with Crippen LogP contribution in [0, 0.1) is 6.92 Å². The molecule has 1 aromatic heterocycles. The van der Waals surface area contributed by atoms with Gasteiger partial charge >= 0.3 is 0 Å². The molecule has 0 aliphatic rings. The number of nitrogens with zero attached hydrogens (tertiary/aromatic N) is 1. The minimum absolute atomic E-state index is 0.190. The Balaban J connectivity index is 2.22. The van der Waals surface area contributed by atoms with Gasteiger partial charge in [-0.25, -0.2) is 0 Å². The van der Waals surface area contributed by atoms with Crippen LogP contribution in [0.5, 0.6) is 0 Å². The fourth-order valence-corrected chi connectivity index (χ4v) is 2.38. The molecular weight excluding hydrogens is 234 g/mol. The van der Waals surface area contributed by atoms with Crippen molar-refractivity contribution < 1.29 is 0 Å². The van der Waals surface area contributed by atoms with E-state index in [0.717, 1.165) is 17.8 Å². The zero-order valence-electron chi connectivity index (χ0n) is 12.5. The van der Waals surface area contributed by atoms with Crippen molar-refractivity contribution in [2.45, 2.75) is 71.3 Å². The molecule has 0 amide bonds. The van der Waals surface area contributed by atoms with Crippen LogP contribution in [0.3, 0.4) is 0 Å². The number of nitrogens with two attached hydrogens (primary N) is 1. The summed E-state index contributed by atoms with van der Waals surface area (Å²) in [4.78, 5) is 4.54. The van der Waals surface area contributed by atoms with Crippen molar-refractivity contribution in [1.82, 2.24) is 10.4 Å². The number of aromatic nitrogens is 1. The maximum absolute atomic E-state index is 5.65. The van der Waals surface area contributed by atoms with Crippen molar-refractivity contribution in [3.63, 3.8) is 0 Å². The molecule has 0 saturated heterocycles. The third-order valence-electron chi connectivity index (χ3n) is 3.56. The maximum atomic E-state index is 5.65. The van der Waals surface area contributed by atoms with Gasteiger partial charge in [0.1, 0.15) is 0 Å². The zero-order chi connectivity index (χ0) is 13.9. The molecule has 0 bridgehead atoms. The lowest BCUT2D eigenvalue weighted by molar-refractivity contribution is 0.467. The molecule has 0 aromatic carbocycles. The summed E-state index contributed by atoms with van der Waals surface area (Å²) in [6, 6.07) is 6.31. The van der Waals surface area contributed by atoms with Gasteiger partial charge in [0.25, 0.3) is 0 Å². The Labute approximate surface area is 118 Å².